The molecular formula is C15H11Cl2NO. The standard InChI is InChI=1S/C15H11Cl2NO/c16-10-13-14(17)2-1-3-15(13)19-12-6-4-11(5-7-12)8-9-18/h1-7H,8,10H2. The average Bonchev–Trinajstić information content (AvgIpc) is 2.42. The highest BCUT2D eigenvalue weighted by molar-refractivity contribution is 6.32. The van der Waals surface area contributed by atoms with Gasteiger partial charge in [0.05, 0.1) is 18.4 Å². The predicted molar refractivity (Wildman–Crippen MR) is 76.8 cm³/mol. The van der Waals surface area contributed by atoms with Crippen LogP contribution < -0.4 is 4.74 Å². The van der Waals surface area contributed by atoms with E-state index in [1.807, 2.05) is 36.4 Å². The maximum atomic E-state index is 8.61. The van der Waals surface area contributed by atoms with Crippen molar-refractivity contribution in [2.24, 2.45) is 0 Å². The van der Waals surface area contributed by atoms with Gasteiger partial charge in [-0.1, -0.05) is 29.8 Å². The summed E-state index contributed by atoms with van der Waals surface area (Å²) in [6.45, 7) is 0. The number of alkyl halides is 1. The van der Waals surface area contributed by atoms with Crippen molar-refractivity contribution in [1.29, 1.82) is 5.26 Å². The van der Waals surface area contributed by atoms with Gasteiger partial charge in [-0.05, 0) is 29.8 Å². The van der Waals surface area contributed by atoms with Crippen LogP contribution in [0.2, 0.25) is 5.02 Å². The highest BCUT2D eigenvalue weighted by Crippen LogP contribution is 2.31. The van der Waals surface area contributed by atoms with Gasteiger partial charge in [0.2, 0.25) is 0 Å². The van der Waals surface area contributed by atoms with Crippen LogP contribution in [-0.4, -0.2) is 0 Å². The Kier molecular flexibility index (Phi) is 4.68. The molecule has 0 bridgehead atoms. The van der Waals surface area contributed by atoms with Gasteiger partial charge in [0.15, 0.2) is 0 Å². The summed E-state index contributed by atoms with van der Waals surface area (Å²) in [6.07, 6.45) is 0.393. The van der Waals surface area contributed by atoms with Crippen LogP contribution in [0.25, 0.3) is 0 Å². The van der Waals surface area contributed by atoms with Gasteiger partial charge in [-0.15, -0.1) is 11.6 Å². The maximum Gasteiger partial charge on any atom is 0.133 e. The monoisotopic (exact) mass is 291 g/mol. The molecule has 0 heterocycles. The van der Waals surface area contributed by atoms with E-state index in [4.69, 9.17) is 33.2 Å². The third kappa shape index (κ3) is 3.41. The Balaban J connectivity index is 2.22. The van der Waals surface area contributed by atoms with Gasteiger partial charge in [-0.2, -0.15) is 5.26 Å². The minimum absolute atomic E-state index is 0.293. The zero-order valence-corrected chi connectivity index (χ0v) is 11.6. The van der Waals surface area contributed by atoms with Crippen LogP contribution in [0.3, 0.4) is 0 Å². The third-order valence-electron chi connectivity index (χ3n) is 2.64. The Morgan fingerprint density at radius 3 is 2.47 bits per heavy atom. The molecule has 0 unspecified atom stereocenters. The topological polar surface area (TPSA) is 33.0 Å². The normalized spacial score (nSPS) is 9.95. The minimum Gasteiger partial charge on any atom is -0.457 e. The highest BCUT2D eigenvalue weighted by atomic mass is 35.5. The molecule has 0 aliphatic rings. The number of benzene rings is 2. The van der Waals surface area contributed by atoms with Crippen molar-refractivity contribution in [3.63, 3.8) is 0 Å². The van der Waals surface area contributed by atoms with E-state index < -0.39 is 0 Å². The number of rotatable bonds is 4. The Hall–Kier alpha value is -1.69. The number of nitriles is 1. The molecule has 0 saturated carbocycles. The van der Waals surface area contributed by atoms with Crippen molar-refractivity contribution in [3.8, 4) is 17.6 Å². The lowest BCUT2D eigenvalue weighted by molar-refractivity contribution is 0.478. The predicted octanol–water partition coefficient (Wildman–Crippen LogP) is 4.94. The average molecular weight is 292 g/mol. The van der Waals surface area contributed by atoms with E-state index in [0.29, 0.717) is 28.8 Å². The Labute approximate surface area is 122 Å². The summed E-state index contributed by atoms with van der Waals surface area (Å²) in [4.78, 5) is 0. The van der Waals surface area contributed by atoms with Crippen molar-refractivity contribution in [2.45, 2.75) is 12.3 Å². The van der Waals surface area contributed by atoms with Gasteiger partial charge in [-0.25, -0.2) is 0 Å². The number of nitrogens with zero attached hydrogens (tertiary/aromatic N) is 1. The molecule has 0 saturated heterocycles. The van der Waals surface area contributed by atoms with E-state index in [2.05, 4.69) is 6.07 Å². The first kappa shape index (κ1) is 13.7. The molecular weight excluding hydrogens is 281 g/mol. The number of halogens is 2. The zero-order chi connectivity index (χ0) is 13.7. The summed E-state index contributed by atoms with van der Waals surface area (Å²) >= 11 is 11.9. The number of hydrogen-bond donors (Lipinski definition) is 0. The molecule has 0 spiro atoms. The molecule has 4 heteroatoms. The van der Waals surface area contributed by atoms with Crippen molar-refractivity contribution < 1.29 is 4.74 Å². The fourth-order valence-corrected chi connectivity index (χ4v) is 2.23. The molecule has 2 rings (SSSR count). The van der Waals surface area contributed by atoms with Crippen LogP contribution in [0.1, 0.15) is 11.1 Å². The Morgan fingerprint density at radius 2 is 1.84 bits per heavy atom. The van der Waals surface area contributed by atoms with E-state index in [1.165, 1.54) is 0 Å². The second kappa shape index (κ2) is 6.47. The van der Waals surface area contributed by atoms with Gasteiger partial charge < -0.3 is 4.74 Å². The van der Waals surface area contributed by atoms with E-state index in [9.17, 15) is 0 Å². The quantitative estimate of drug-likeness (QED) is 0.748. The molecule has 2 nitrogen and oxygen atoms in total. The molecule has 2 aromatic rings. The van der Waals surface area contributed by atoms with Crippen molar-refractivity contribution >= 4 is 23.2 Å². The third-order valence-corrected chi connectivity index (χ3v) is 3.27. The van der Waals surface area contributed by atoms with Crippen molar-refractivity contribution in [2.75, 3.05) is 0 Å². The molecule has 0 aromatic heterocycles. The van der Waals surface area contributed by atoms with Crippen molar-refractivity contribution in [3.05, 3.63) is 58.6 Å². The first-order chi connectivity index (χ1) is 9.24. The van der Waals surface area contributed by atoms with E-state index >= 15 is 0 Å². The molecule has 0 aliphatic heterocycles. The highest BCUT2D eigenvalue weighted by Gasteiger charge is 2.08. The number of hydrogen-bond acceptors (Lipinski definition) is 2. The summed E-state index contributed by atoms with van der Waals surface area (Å²) < 4.78 is 5.76. The minimum atomic E-state index is 0.293. The first-order valence-electron chi connectivity index (χ1n) is 5.71. The molecule has 2 aromatic carbocycles. The van der Waals surface area contributed by atoms with E-state index in [0.717, 1.165) is 11.1 Å². The molecule has 0 atom stereocenters. The van der Waals surface area contributed by atoms with E-state index in [1.54, 1.807) is 6.07 Å². The van der Waals surface area contributed by atoms with Crippen LogP contribution in [-0.2, 0) is 12.3 Å². The van der Waals surface area contributed by atoms with Crippen molar-refractivity contribution in [1.82, 2.24) is 0 Å². The largest absolute Gasteiger partial charge is 0.457 e. The lowest BCUT2D eigenvalue weighted by Crippen LogP contribution is -1.91. The molecule has 0 N–H and O–H groups in total. The molecule has 96 valence electrons. The molecule has 0 amide bonds. The second-order valence-corrected chi connectivity index (χ2v) is 4.61. The van der Waals surface area contributed by atoms with Crippen LogP contribution in [0, 0.1) is 11.3 Å². The van der Waals surface area contributed by atoms with Crippen LogP contribution in [0.15, 0.2) is 42.5 Å². The summed E-state index contributed by atoms with van der Waals surface area (Å²) in [5.41, 5.74) is 1.73. The Morgan fingerprint density at radius 1 is 1.11 bits per heavy atom. The van der Waals surface area contributed by atoms with Crippen LogP contribution in [0.5, 0.6) is 11.5 Å². The smallest absolute Gasteiger partial charge is 0.133 e. The summed E-state index contributed by atoms with van der Waals surface area (Å²) in [7, 11) is 0. The molecule has 0 fully saturated rings. The van der Waals surface area contributed by atoms with Crippen LogP contribution >= 0.6 is 23.2 Å². The summed E-state index contributed by atoms with van der Waals surface area (Å²) in [5, 5.41) is 9.20. The fourth-order valence-electron chi connectivity index (χ4n) is 1.66. The molecule has 0 aliphatic carbocycles. The maximum absolute atomic E-state index is 8.61. The van der Waals surface area contributed by atoms with Gasteiger partial charge in [0, 0.05) is 10.6 Å². The zero-order valence-electron chi connectivity index (χ0n) is 10.1. The number of ether oxygens (including phenoxy) is 1. The van der Waals surface area contributed by atoms with Gasteiger partial charge in [-0.3, -0.25) is 0 Å². The molecule has 19 heavy (non-hydrogen) atoms. The van der Waals surface area contributed by atoms with Gasteiger partial charge >= 0.3 is 0 Å². The SMILES string of the molecule is N#CCc1ccc(Oc2cccc(Cl)c2CCl)cc1. The Bertz CT molecular complexity index is 603. The molecule has 0 radical (unpaired) electrons. The second-order valence-electron chi connectivity index (χ2n) is 3.93. The summed E-state index contributed by atoms with van der Waals surface area (Å²) in [5.74, 6) is 1.63. The summed E-state index contributed by atoms with van der Waals surface area (Å²) in [6, 6.07) is 14.9. The van der Waals surface area contributed by atoms with E-state index in [-0.39, 0.29) is 0 Å². The fraction of sp³-hybridized carbons (Fsp3) is 0.133. The van der Waals surface area contributed by atoms with Crippen LogP contribution in [0.4, 0.5) is 0 Å². The lowest BCUT2D eigenvalue weighted by atomic mass is 10.1. The van der Waals surface area contributed by atoms with Gasteiger partial charge in [0.1, 0.15) is 11.5 Å². The first-order valence-corrected chi connectivity index (χ1v) is 6.63. The lowest BCUT2D eigenvalue weighted by Gasteiger charge is -2.11. The van der Waals surface area contributed by atoms with Gasteiger partial charge in [0.25, 0.3) is 0 Å².